The highest BCUT2D eigenvalue weighted by Crippen LogP contribution is 2.37. The first-order chi connectivity index (χ1) is 8.99. The number of phenols is 2. The molecule has 2 aromatic carbocycles. The molecule has 0 spiro atoms. The van der Waals surface area contributed by atoms with Gasteiger partial charge >= 0.3 is 0 Å². The van der Waals surface area contributed by atoms with Crippen molar-refractivity contribution in [2.24, 2.45) is 0 Å². The van der Waals surface area contributed by atoms with Gasteiger partial charge in [0.15, 0.2) is 11.6 Å². The first-order valence-electron chi connectivity index (χ1n) is 5.75. The van der Waals surface area contributed by atoms with Crippen LogP contribution in [0, 0.1) is 6.92 Å². The number of ketones is 2. The lowest BCUT2D eigenvalue weighted by Gasteiger charge is -2.13. The molecule has 0 heterocycles. The van der Waals surface area contributed by atoms with Crippen molar-refractivity contribution in [3.8, 4) is 11.5 Å². The van der Waals surface area contributed by atoms with Crippen LogP contribution in [0.2, 0.25) is 0 Å². The van der Waals surface area contributed by atoms with Gasteiger partial charge in [0.05, 0.1) is 0 Å². The summed E-state index contributed by atoms with van der Waals surface area (Å²) in [5.41, 5.74) is 0.917. The number of hydrogen-bond acceptors (Lipinski definition) is 4. The SMILES string of the molecule is Cc1c(O)cc2cc3c(cc2c1O)C(=O)C=CC3=O. The highest BCUT2D eigenvalue weighted by atomic mass is 16.3. The van der Waals surface area contributed by atoms with Crippen LogP contribution in [0.1, 0.15) is 26.3 Å². The molecular formula is C15H10O4. The van der Waals surface area contributed by atoms with Crippen LogP contribution >= 0.6 is 0 Å². The molecule has 2 aromatic rings. The first kappa shape index (κ1) is 11.5. The minimum atomic E-state index is -0.262. The molecule has 1 aliphatic carbocycles. The zero-order valence-electron chi connectivity index (χ0n) is 10.1. The first-order valence-corrected chi connectivity index (χ1v) is 5.75. The minimum Gasteiger partial charge on any atom is -0.508 e. The minimum absolute atomic E-state index is 0.0462. The number of carbonyl (C=O) groups excluding carboxylic acids is 2. The fraction of sp³-hybridized carbons (Fsp3) is 0.0667. The number of fused-ring (bicyclic) bond motifs is 2. The average Bonchev–Trinajstić information content (AvgIpc) is 2.39. The van der Waals surface area contributed by atoms with E-state index in [1.807, 2.05) is 0 Å². The van der Waals surface area contributed by atoms with Crippen molar-refractivity contribution in [1.82, 2.24) is 0 Å². The predicted molar refractivity (Wildman–Crippen MR) is 69.8 cm³/mol. The van der Waals surface area contributed by atoms with Crippen LogP contribution in [-0.4, -0.2) is 21.8 Å². The number of benzene rings is 2. The van der Waals surface area contributed by atoms with Gasteiger partial charge in [0.25, 0.3) is 0 Å². The maximum Gasteiger partial charge on any atom is 0.186 e. The quantitative estimate of drug-likeness (QED) is 0.757. The van der Waals surface area contributed by atoms with Gasteiger partial charge in [-0.2, -0.15) is 0 Å². The molecule has 0 saturated carbocycles. The second kappa shape index (κ2) is 3.68. The van der Waals surface area contributed by atoms with E-state index in [4.69, 9.17) is 0 Å². The molecule has 0 bridgehead atoms. The summed E-state index contributed by atoms with van der Waals surface area (Å²) in [6.07, 6.45) is 2.45. The van der Waals surface area contributed by atoms with Gasteiger partial charge in [0.2, 0.25) is 0 Å². The Labute approximate surface area is 108 Å². The van der Waals surface area contributed by atoms with E-state index < -0.39 is 0 Å². The van der Waals surface area contributed by atoms with Crippen molar-refractivity contribution in [2.75, 3.05) is 0 Å². The second-order valence-corrected chi connectivity index (χ2v) is 4.55. The van der Waals surface area contributed by atoms with E-state index in [2.05, 4.69) is 0 Å². The highest BCUT2D eigenvalue weighted by molar-refractivity contribution is 6.23. The zero-order valence-corrected chi connectivity index (χ0v) is 10.1. The van der Waals surface area contributed by atoms with E-state index >= 15 is 0 Å². The Morgan fingerprint density at radius 3 is 2.11 bits per heavy atom. The van der Waals surface area contributed by atoms with Gasteiger partial charge in [-0.1, -0.05) is 0 Å². The molecule has 94 valence electrons. The molecule has 0 unspecified atom stereocenters. The summed E-state index contributed by atoms with van der Waals surface area (Å²) in [7, 11) is 0. The lowest BCUT2D eigenvalue weighted by atomic mass is 9.90. The summed E-state index contributed by atoms with van der Waals surface area (Å²) in [6.45, 7) is 1.58. The molecule has 0 atom stereocenters. The third-order valence-electron chi connectivity index (χ3n) is 3.39. The molecule has 2 N–H and O–H groups in total. The van der Waals surface area contributed by atoms with Gasteiger partial charge in [-0.3, -0.25) is 9.59 Å². The van der Waals surface area contributed by atoms with Crippen LogP contribution in [0.15, 0.2) is 30.4 Å². The van der Waals surface area contributed by atoms with E-state index in [9.17, 15) is 19.8 Å². The average molecular weight is 254 g/mol. The van der Waals surface area contributed by atoms with E-state index in [-0.39, 0.29) is 28.6 Å². The summed E-state index contributed by atoms with van der Waals surface area (Å²) in [4.78, 5) is 23.5. The van der Waals surface area contributed by atoms with Crippen molar-refractivity contribution < 1.29 is 19.8 Å². The fourth-order valence-electron chi connectivity index (χ4n) is 2.26. The summed E-state index contributed by atoms with van der Waals surface area (Å²) in [6, 6.07) is 4.49. The van der Waals surface area contributed by atoms with Crippen molar-refractivity contribution in [3.05, 3.63) is 47.0 Å². The second-order valence-electron chi connectivity index (χ2n) is 4.55. The van der Waals surface area contributed by atoms with Crippen LogP contribution in [0.25, 0.3) is 10.8 Å². The Bertz CT molecular complexity index is 785. The Morgan fingerprint density at radius 1 is 0.895 bits per heavy atom. The fourth-order valence-corrected chi connectivity index (χ4v) is 2.26. The van der Waals surface area contributed by atoms with Gasteiger partial charge in [0, 0.05) is 22.1 Å². The topological polar surface area (TPSA) is 74.6 Å². The number of rotatable bonds is 0. The van der Waals surface area contributed by atoms with Crippen LogP contribution in [0.3, 0.4) is 0 Å². The van der Waals surface area contributed by atoms with Gasteiger partial charge in [0.1, 0.15) is 11.5 Å². The predicted octanol–water partition coefficient (Wildman–Crippen LogP) is 2.49. The molecule has 0 aliphatic heterocycles. The number of carbonyl (C=O) groups is 2. The van der Waals surface area contributed by atoms with Crippen LogP contribution in [-0.2, 0) is 0 Å². The smallest absolute Gasteiger partial charge is 0.186 e. The molecular weight excluding hydrogens is 244 g/mol. The Balaban J connectivity index is 2.44. The largest absolute Gasteiger partial charge is 0.508 e. The van der Waals surface area contributed by atoms with Crippen LogP contribution in [0.4, 0.5) is 0 Å². The van der Waals surface area contributed by atoms with Crippen LogP contribution in [0.5, 0.6) is 11.5 Å². The molecule has 0 fully saturated rings. The summed E-state index contributed by atoms with van der Waals surface area (Å²) in [5.74, 6) is -0.639. The van der Waals surface area contributed by atoms with E-state index in [1.165, 1.54) is 30.4 Å². The summed E-state index contributed by atoms with van der Waals surface area (Å²) in [5, 5.41) is 20.7. The molecule has 4 nitrogen and oxygen atoms in total. The third-order valence-corrected chi connectivity index (χ3v) is 3.39. The monoisotopic (exact) mass is 254 g/mol. The van der Waals surface area contributed by atoms with Crippen molar-refractivity contribution in [3.63, 3.8) is 0 Å². The zero-order chi connectivity index (χ0) is 13.7. The molecule has 4 heteroatoms. The van der Waals surface area contributed by atoms with E-state index in [1.54, 1.807) is 6.92 Å². The molecule has 0 saturated heterocycles. The molecule has 1 aliphatic rings. The summed E-state index contributed by atoms with van der Waals surface area (Å²) >= 11 is 0. The normalized spacial score (nSPS) is 13.9. The number of aromatic hydroxyl groups is 2. The van der Waals surface area contributed by atoms with Crippen molar-refractivity contribution >= 4 is 22.3 Å². The maximum absolute atomic E-state index is 11.8. The van der Waals surface area contributed by atoms with Crippen molar-refractivity contribution in [1.29, 1.82) is 0 Å². The van der Waals surface area contributed by atoms with E-state index in [0.29, 0.717) is 21.9 Å². The molecule has 19 heavy (non-hydrogen) atoms. The maximum atomic E-state index is 11.8. The van der Waals surface area contributed by atoms with Gasteiger partial charge in [-0.05, 0) is 42.7 Å². The van der Waals surface area contributed by atoms with E-state index in [0.717, 1.165) is 0 Å². The Morgan fingerprint density at radius 2 is 1.47 bits per heavy atom. The number of hydrogen-bond donors (Lipinski definition) is 2. The van der Waals surface area contributed by atoms with Gasteiger partial charge < -0.3 is 10.2 Å². The third kappa shape index (κ3) is 1.53. The summed E-state index contributed by atoms with van der Waals surface area (Å²) < 4.78 is 0. The standard InChI is InChI=1S/C15H10O4/c1-7-14(18)5-8-4-10-11(6-9(8)15(7)19)13(17)3-2-12(10)16/h2-6,18-19H,1H3. The number of phenolic OH excluding ortho intramolecular Hbond substituents is 2. The lowest BCUT2D eigenvalue weighted by molar-refractivity contribution is 0.0994. The molecule has 0 amide bonds. The van der Waals surface area contributed by atoms with Crippen LogP contribution < -0.4 is 0 Å². The number of allylic oxidation sites excluding steroid dienone is 2. The molecule has 0 aromatic heterocycles. The Kier molecular flexibility index (Phi) is 2.22. The lowest BCUT2D eigenvalue weighted by Crippen LogP contribution is -2.11. The van der Waals surface area contributed by atoms with Crippen molar-refractivity contribution in [2.45, 2.75) is 6.92 Å². The molecule has 0 radical (unpaired) electrons. The Hall–Kier alpha value is -2.62. The van der Waals surface area contributed by atoms with Gasteiger partial charge in [-0.15, -0.1) is 0 Å². The molecule has 3 rings (SSSR count). The van der Waals surface area contributed by atoms with Gasteiger partial charge in [-0.25, -0.2) is 0 Å². The highest BCUT2D eigenvalue weighted by Gasteiger charge is 2.21.